The number of aryl methyl sites for hydroxylation is 2. The number of ether oxygens (including phenoxy) is 1. The molecule has 0 unspecified atom stereocenters. The number of rotatable bonds is 2. The van der Waals surface area contributed by atoms with Gasteiger partial charge in [0.15, 0.2) is 0 Å². The summed E-state index contributed by atoms with van der Waals surface area (Å²) in [4.78, 5) is 21.8. The highest BCUT2D eigenvalue weighted by atomic mass is 35.5. The van der Waals surface area contributed by atoms with Gasteiger partial charge in [0.2, 0.25) is 0 Å². The molecular formula is C22H26ClN5O2. The highest BCUT2D eigenvalue weighted by molar-refractivity contribution is 6.31. The Morgan fingerprint density at radius 2 is 2.10 bits per heavy atom. The summed E-state index contributed by atoms with van der Waals surface area (Å²) in [5, 5.41) is 6.53. The molecule has 2 aliphatic heterocycles. The van der Waals surface area contributed by atoms with E-state index < -0.39 is 5.60 Å². The number of likely N-dealkylation sites (tertiary alicyclic amines) is 1. The van der Waals surface area contributed by atoms with Crippen LogP contribution < -0.4 is 0 Å². The molecule has 0 aromatic carbocycles. The number of hydrogen-bond acceptors (Lipinski definition) is 4. The molecule has 158 valence electrons. The molecule has 3 aromatic rings. The molecule has 1 fully saturated rings. The van der Waals surface area contributed by atoms with Crippen molar-refractivity contribution in [2.45, 2.75) is 58.1 Å². The number of H-pyrrole nitrogens is 1. The summed E-state index contributed by atoms with van der Waals surface area (Å²) >= 11 is 6.31. The topological polar surface area (TPSA) is 76.0 Å². The largest absolute Gasteiger partial charge is 0.444 e. The van der Waals surface area contributed by atoms with Crippen LogP contribution >= 0.6 is 11.6 Å². The predicted molar refractivity (Wildman–Crippen MR) is 116 cm³/mol. The number of nitrogens with one attached hydrogen (secondary N) is 1. The van der Waals surface area contributed by atoms with E-state index in [-0.39, 0.29) is 11.5 Å². The van der Waals surface area contributed by atoms with Gasteiger partial charge in [0.1, 0.15) is 16.4 Å². The number of carbonyl (C=O) groups is 1. The van der Waals surface area contributed by atoms with Crippen molar-refractivity contribution in [1.82, 2.24) is 24.6 Å². The van der Waals surface area contributed by atoms with Gasteiger partial charge in [-0.3, -0.25) is 4.68 Å². The third kappa shape index (κ3) is 2.98. The molecule has 0 bridgehead atoms. The zero-order valence-electron chi connectivity index (χ0n) is 17.8. The van der Waals surface area contributed by atoms with Crippen molar-refractivity contribution in [2.75, 3.05) is 13.1 Å². The van der Waals surface area contributed by atoms with Gasteiger partial charge >= 0.3 is 6.09 Å². The monoisotopic (exact) mass is 427 g/mol. The van der Waals surface area contributed by atoms with Crippen LogP contribution in [0.1, 0.15) is 45.4 Å². The zero-order valence-corrected chi connectivity index (χ0v) is 18.5. The molecule has 1 N–H and O–H groups in total. The first-order chi connectivity index (χ1) is 14.2. The Labute approximate surface area is 180 Å². The lowest BCUT2D eigenvalue weighted by Crippen LogP contribution is -2.61. The van der Waals surface area contributed by atoms with Gasteiger partial charge in [-0.05, 0) is 51.3 Å². The van der Waals surface area contributed by atoms with Crippen LogP contribution in [0.3, 0.4) is 0 Å². The van der Waals surface area contributed by atoms with Crippen molar-refractivity contribution >= 4 is 28.7 Å². The summed E-state index contributed by atoms with van der Waals surface area (Å²) in [7, 11) is 0. The molecule has 7 nitrogen and oxygen atoms in total. The number of pyridine rings is 1. The smallest absolute Gasteiger partial charge is 0.410 e. The molecule has 5 heterocycles. The van der Waals surface area contributed by atoms with Crippen molar-refractivity contribution in [2.24, 2.45) is 0 Å². The second kappa shape index (κ2) is 6.48. The van der Waals surface area contributed by atoms with Crippen LogP contribution in [0.25, 0.3) is 22.3 Å². The Balaban J connectivity index is 1.41. The Kier molecular flexibility index (Phi) is 4.19. The maximum Gasteiger partial charge on any atom is 0.410 e. The van der Waals surface area contributed by atoms with E-state index in [1.54, 1.807) is 4.90 Å². The van der Waals surface area contributed by atoms with Crippen LogP contribution in [0, 0.1) is 0 Å². The standard InChI is InChI=1S/C22H26ClN5O2/c1-5-14-15-8-13(10-24-19(15)25-18(14)23)16-9-17-22(6-7-28(17)26-16)11-27(12-22)20(29)30-21(2,3)4/h8-10H,5-7,11-12H2,1-4H3,(H,24,25). The lowest BCUT2D eigenvalue weighted by atomic mass is 9.76. The lowest BCUT2D eigenvalue weighted by Gasteiger charge is -2.47. The van der Waals surface area contributed by atoms with Crippen molar-refractivity contribution in [3.63, 3.8) is 0 Å². The van der Waals surface area contributed by atoms with Gasteiger partial charge < -0.3 is 14.6 Å². The SMILES string of the molecule is CCc1c(Cl)[nH]c2ncc(-c3cc4n(n3)CCC43CN(C(=O)OC(C)(C)C)C3)cc12. The summed E-state index contributed by atoms with van der Waals surface area (Å²) in [5.41, 5.74) is 4.47. The molecule has 1 saturated heterocycles. The van der Waals surface area contributed by atoms with Crippen LogP contribution in [0.2, 0.25) is 5.15 Å². The maximum absolute atomic E-state index is 12.4. The highest BCUT2D eigenvalue weighted by Crippen LogP contribution is 2.44. The third-order valence-corrected chi connectivity index (χ3v) is 6.44. The highest BCUT2D eigenvalue weighted by Gasteiger charge is 2.52. The number of halogens is 1. The van der Waals surface area contributed by atoms with E-state index in [1.807, 2.05) is 27.0 Å². The second-order valence-corrected chi connectivity index (χ2v) is 9.77. The van der Waals surface area contributed by atoms with Crippen LogP contribution in [0.5, 0.6) is 0 Å². The average Bonchev–Trinajstić information content (AvgIpc) is 3.28. The van der Waals surface area contributed by atoms with Gasteiger partial charge in [-0.1, -0.05) is 18.5 Å². The second-order valence-electron chi connectivity index (χ2n) is 9.40. The molecule has 2 aliphatic rings. The molecule has 3 aromatic heterocycles. The van der Waals surface area contributed by atoms with Gasteiger partial charge in [-0.25, -0.2) is 9.78 Å². The van der Waals surface area contributed by atoms with Crippen LogP contribution in [0.4, 0.5) is 4.79 Å². The van der Waals surface area contributed by atoms with Crippen molar-refractivity contribution in [3.05, 3.63) is 34.7 Å². The Morgan fingerprint density at radius 1 is 1.33 bits per heavy atom. The maximum atomic E-state index is 12.4. The number of amides is 1. The quantitative estimate of drug-likeness (QED) is 0.651. The summed E-state index contributed by atoms with van der Waals surface area (Å²) < 4.78 is 7.59. The van der Waals surface area contributed by atoms with Gasteiger partial charge in [0, 0.05) is 47.9 Å². The number of hydrogen-bond donors (Lipinski definition) is 1. The number of nitrogens with zero attached hydrogens (tertiary/aromatic N) is 4. The first kappa shape index (κ1) is 19.4. The van der Waals surface area contributed by atoms with Gasteiger partial charge in [0.25, 0.3) is 0 Å². The van der Waals surface area contributed by atoms with Crippen molar-refractivity contribution < 1.29 is 9.53 Å². The first-order valence-corrected chi connectivity index (χ1v) is 10.8. The van der Waals surface area contributed by atoms with E-state index in [2.05, 4.69) is 33.7 Å². The molecule has 5 rings (SSSR count). The van der Waals surface area contributed by atoms with Gasteiger partial charge in [-0.2, -0.15) is 5.10 Å². The van der Waals surface area contributed by atoms with Crippen LogP contribution in [-0.2, 0) is 23.1 Å². The predicted octanol–water partition coefficient (Wildman–Crippen LogP) is 4.53. The summed E-state index contributed by atoms with van der Waals surface area (Å²) in [6, 6.07) is 4.27. The molecule has 0 atom stereocenters. The fourth-order valence-electron chi connectivity index (χ4n) is 4.64. The minimum absolute atomic E-state index is 0.0222. The van der Waals surface area contributed by atoms with E-state index in [0.29, 0.717) is 18.2 Å². The molecular weight excluding hydrogens is 402 g/mol. The van der Waals surface area contributed by atoms with Crippen molar-refractivity contribution in [3.8, 4) is 11.3 Å². The van der Waals surface area contributed by atoms with Gasteiger partial charge in [-0.15, -0.1) is 0 Å². The Morgan fingerprint density at radius 3 is 2.80 bits per heavy atom. The van der Waals surface area contributed by atoms with E-state index in [9.17, 15) is 4.79 Å². The van der Waals surface area contributed by atoms with E-state index >= 15 is 0 Å². The van der Waals surface area contributed by atoms with E-state index in [0.717, 1.165) is 47.2 Å². The Bertz CT molecular complexity index is 1150. The zero-order chi connectivity index (χ0) is 21.3. The van der Waals surface area contributed by atoms with Crippen molar-refractivity contribution in [1.29, 1.82) is 0 Å². The first-order valence-electron chi connectivity index (χ1n) is 10.4. The number of aromatic nitrogens is 4. The Hall–Kier alpha value is -2.54. The lowest BCUT2D eigenvalue weighted by molar-refractivity contribution is -0.00969. The number of fused-ring (bicyclic) bond motifs is 3. The summed E-state index contributed by atoms with van der Waals surface area (Å²) in [6.45, 7) is 9.99. The fourth-order valence-corrected chi connectivity index (χ4v) is 4.97. The molecule has 1 spiro atoms. The van der Waals surface area contributed by atoms with Crippen LogP contribution in [0.15, 0.2) is 18.3 Å². The summed E-state index contributed by atoms with van der Waals surface area (Å²) in [5.74, 6) is 0. The fraction of sp³-hybridized carbons (Fsp3) is 0.500. The number of aromatic amines is 1. The third-order valence-electron chi connectivity index (χ3n) is 6.12. The molecule has 1 amide bonds. The van der Waals surface area contributed by atoms with Crippen LogP contribution in [-0.4, -0.2) is 49.4 Å². The molecule has 0 radical (unpaired) electrons. The minimum atomic E-state index is -0.478. The number of carbonyl (C=O) groups excluding carboxylic acids is 1. The summed E-state index contributed by atoms with van der Waals surface area (Å²) in [6.07, 6.45) is 3.44. The van der Waals surface area contributed by atoms with E-state index in [4.69, 9.17) is 21.4 Å². The normalized spacial score (nSPS) is 17.4. The van der Waals surface area contributed by atoms with E-state index in [1.165, 1.54) is 5.69 Å². The molecule has 0 saturated carbocycles. The molecule has 0 aliphatic carbocycles. The minimum Gasteiger partial charge on any atom is -0.444 e. The molecule has 30 heavy (non-hydrogen) atoms. The average molecular weight is 428 g/mol. The molecule has 8 heteroatoms. The van der Waals surface area contributed by atoms with Gasteiger partial charge in [0.05, 0.1) is 5.69 Å².